The van der Waals surface area contributed by atoms with Crippen LogP contribution >= 0.6 is 0 Å². The van der Waals surface area contributed by atoms with Crippen LogP contribution in [0, 0.1) is 0 Å². The standard InChI is InChI=1S/C14H17NO5/c1-20-11-4-2-3-9(5-11)6-12(14(18)19)15-8-10(16)7-13(15)17/h2-5,10,12,16H,6-8H2,1H3,(H,18,19). The Morgan fingerprint density at radius 3 is 2.85 bits per heavy atom. The number of methoxy groups -OCH3 is 1. The number of carboxylic acid groups (broad SMARTS) is 1. The van der Waals surface area contributed by atoms with E-state index in [-0.39, 0.29) is 25.3 Å². The number of aliphatic hydroxyl groups is 1. The molecule has 0 aliphatic carbocycles. The normalized spacial score (nSPS) is 20.0. The number of benzene rings is 1. The molecule has 1 amide bonds. The number of likely N-dealkylation sites (tertiary alicyclic amines) is 1. The fraction of sp³-hybridized carbons (Fsp3) is 0.429. The van der Waals surface area contributed by atoms with Crippen LogP contribution in [0.15, 0.2) is 24.3 Å². The molecular weight excluding hydrogens is 262 g/mol. The lowest BCUT2D eigenvalue weighted by atomic mass is 10.0. The third-order valence-corrected chi connectivity index (χ3v) is 3.36. The van der Waals surface area contributed by atoms with E-state index in [0.717, 1.165) is 5.56 Å². The number of nitrogens with zero attached hydrogens (tertiary/aromatic N) is 1. The fourth-order valence-corrected chi connectivity index (χ4v) is 2.37. The first-order valence-electron chi connectivity index (χ1n) is 6.34. The number of carbonyl (C=O) groups is 2. The van der Waals surface area contributed by atoms with E-state index in [1.54, 1.807) is 24.3 Å². The van der Waals surface area contributed by atoms with E-state index in [9.17, 15) is 19.8 Å². The number of hydrogen-bond acceptors (Lipinski definition) is 4. The van der Waals surface area contributed by atoms with Gasteiger partial charge in [0.2, 0.25) is 5.91 Å². The average Bonchev–Trinajstić information content (AvgIpc) is 2.74. The number of ether oxygens (including phenoxy) is 1. The summed E-state index contributed by atoms with van der Waals surface area (Å²) in [6, 6.07) is 6.10. The second kappa shape index (κ2) is 5.92. The van der Waals surface area contributed by atoms with Gasteiger partial charge in [0.1, 0.15) is 11.8 Å². The second-order valence-electron chi connectivity index (χ2n) is 4.81. The highest BCUT2D eigenvalue weighted by Crippen LogP contribution is 2.20. The van der Waals surface area contributed by atoms with Gasteiger partial charge in [-0.25, -0.2) is 4.79 Å². The van der Waals surface area contributed by atoms with Gasteiger partial charge in [0, 0.05) is 13.0 Å². The lowest BCUT2D eigenvalue weighted by molar-refractivity contribution is -0.148. The van der Waals surface area contributed by atoms with Gasteiger partial charge in [0.05, 0.1) is 19.6 Å². The van der Waals surface area contributed by atoms with Gasteiger partial charge in [0.25, 0.3) is 0 Å². The van der Waals surface area contributed by atoms with Crippen molar-refractivity contribution >= 4 is 11.9 Å². The zero-order valence-corrected chi connectivity index (χ0v) is 11.2. The first kappa shape index (κ1) is 14.3. The van der Waals surface area contributed by atoms with E-state index in [1.165, 1.54) is 12.0 Å². The summed E-state index contributed by atoms with van der Waals surface area (Å²) in [6.07, 6.45) is -0.609. The quantitative estimate of drug-likeness (QED) is 0.808. The van der Waals surface area contributed by atoms with Gasteiger partial charge in [-0.1, -0.05) is 12.1 Å². The number of hydrogen-bond donors (Lipinski definition) is 2. The number of β-amino-alcohol motifs (C(OH)–C–C–N with tert-alkyl or cyclic N) is 1. The van der Waals surface area contributed by atoms with Crippen LogP contribution in [0.25, 0.3) is 0 Å². The van der Waals surface area contributed by atoms with Gasteiger partial charge < -0.3 is 19.8 Å². The molecule has 1 aliphatic heterocycles. The summed E-state index contributed by atoms with van der Waals surface area (Å²) in [5, 5.41) is 18.8. The topological polar surface area (TPSA) is 87.1 Å². The molecule has 0 bridgehead atoms. The number of carbonyl (C=O) groups excluding carboxylic acids is 1. The molecule has 6 heteroatoms. The van der Waals surface area contributed by atoms with E-state index >= 15 is 0 Å². The number of amides is 1. The fourth-order valence-electron chi connectivity index (χ4n) is 2.37. The van der Waals surface area contributed by atoms with Crippen LogP contribution in [0.2, 0.25) is 0 Å². The number of aliphatic hydroxyl groups excluding tert-OH is 1. The van der Waals surface area contributed by atoms with Crippen molar-refractivity contribution in [3.05, 3.63) is 29.8 Å². The van der Waals surface area contributed by atoms with Crippen LogP contribution in [0.3, 0.4) is 0 Å². The van der Waals surface area contributed by atoms with Crippen molar-refractivity contribution in [2.45, 2.75) is 25.0 Å². The maximum atomic E-state index is 11.7. The van der Waals surface area contributed by atoms with Crippen LogP contribution in [-0.4, -0.2) is 52.8 Å². The summed E-state index contributed by atoms with van der Waals surface area (Å²) < 4.78 is 5.09. The molecule has 2 rings (SSSR count). The lowest BCUT2D eigenvalue weighted by Gasteiger charge is -2.24. The zero-order valence-electron chi connectivity index (χ0n) is 11.2. The molecule has 1 heterocycles. The molecule has 2 unspecified atom stereocenters. The first-order chi connectivity index (χ1) is 9.51. The van der Waals surface area contributed by atoms with Gasteiger partial charge in [-0.05, 0) is 17.7 Å². The molecule has 1 aromatic carbocycles. The minimum atomic E-state index is -1.07. The van der Waals surface area contributed by atoms with Crippen molar-refractivity contribution in [1.82, 2.24) is 4.90 Å². The highest BCUT2D eigenvalue weighted by Gasteiger charge is 2.36. The monoisotopic (exact) mass is 279 g/mol. The molecule has 108 valence electrons. The molecule has 1 saturated heterocycles. The van der Waals surface area contributed by atoms with E-state index in [4.69, 9.17) is 4.74 Å². The van der Waals surface area contributed by atoms with Crippen LogP contribution in [0.1, 0.15) is 12.0 Å². The van der Waals surface area contributed by atoms with Crippen molar-refractivity contribution in [2.75, 3.05) is 13.7 Å². The molecule has 2 N–H and O–H groups in total. The Labute approximate surface area is 116 Å². The molecular formula is C14H17NO5. The number of aliphatic carboxylic acids is 1. The van der Waals surface area contributed by atoms with Crippen LogP contribution < -0.4 is 4.74 Å². The van der Waals surface area contributed by atoms with Crippen LogP contribution in [0.5, 0.6) is 5.75 Å². The maximum Gasteiger partial charge on any atom is 0.326 e. The first-order valence-corrected chi connectivity index (χ1v) is 6.34. The molecule has 1 fully saturated rings. The van der Waals surface area contributed by atoms with Crippen molar-refractivity contribution in [1.29, 1.82) is 0 Å². The Kier molecular flexibility index (Phi) is 4.24. The molecule has 0 saturated carbocycles. The predicted molar refractivity (Wildman–Crippen MR) is 70.5 cm³/mol. The number of carboxylic acids is 1. The predicted octanol–water partition coefficient (Wildman–Crippen LogP) is 0.284. The van der Waals surface area contributed by atoms with E-state index in [0.29, 0.717) is 5.75 Å². The summed E-state index contributed by atoms with van der Waals surface area (Å²) in [7, 11) is 1.54. The molecule has 0 radical (unpaired) electrons. The summed E-state index contributed by atoms with van der Waals surface area (Å²) in [6.45, 7) is 0.0692. The van der Waals surface area contributed by atoms with Gasteiger partial charge in [-0.2, -0.15) is 0 Å². The summed E-state index contributed by atoms with van der Waals surface area (Å²) in [5.41, 5.74) is 0.769. The minimum Gasteiger partial charge on any atom is -0.497 e. The molecule has 1 aromatic rings. The Hall–Kier alpha value is -2.08. The van der Waals surface area contributed by atoms with Crippen molar-refractivity contribution in [3.8, 4) is 5.75 Å². The van der Waals surface area contributed by atoms with Crippen LogP contribution in [-0.2, 0) is 16.0 Å². The molecule has 0 spiro atoms. The van der Waals surface area contributed by atoms with Crippen molar-refractivity contribution in [2.24, 2.45) is 0 Å². The molecule has 2 atom stereocenters. The molecule has 20 heavy (non-hydrogen) atoms. The average molecular weight is 279 g/mol. The lowest BCUT2D eigenvalue weighted by Crippen LogP contribution is -2.44. The van der Waals surface area contributed by atoms with E-state index < -0.39 is 18.1 Å². The van der Waals surface area contributed by atoms with Gasteiger partial charge in [-0.3, -0.25) is 4.79 Å². The molecule has 1 aliphatic rings. The number of rotatable bonds is 5. The second-order valence-corrected chi connectivity index (χ2v) is 4.81. The van der Waals surface area contributed by atoms with Crippen LogP contribution in [0.4, 0.5) is 0 Å². The SMILES string of the molecule is COc1cccc(CC(C(=O)O)N2CC(O)CC2=O)c1. The Bertz CT molecular complexity index is 516. The van der Waals surface area contributed by atoms with E-state index in [2.05, 4.69) is 0 Å². The maximum absolute atomic E-state index is 11.7. The Morgan fingerprint density at radius 2 is 2.30 bits per heavy atom. The van der Waals surface area contributed by atoms with Crippen molar-refractivity contribution < 1.29 is 24.5 Å². The summed E-state index contributed by atoms with van der Waals surface area (Å²) >= 11 is 0. The highest BCUT2D eigenvalue weighted by molar-refractivity contribution is 5.85. The van der Waals surface area contributed by atoms with E-state index in [1.807, 2.05) is 0 Å². The van der Waals surface area contributed by atoms with Gasteiger partial charge in [-0.15, -0.1) is 0 Å². The third kappa shape index (κ3) is 3.08. The summed E-state index contributed by atoms with van der Waals surface area (Å²) in [4.78, 5) is 24.3. The molecule has 6 nitrogen and oxygen atoms in total. The third-order valence-electron chi connectivity index (χ3n) is 3.36. The van der Waals surface area contributed by atoms with Crippen molar-refractivity contribution in [3.63, 3.8) is 0 Å². The smallest absolute Gasteiger partial charge is 0.326 e. The Morgan fingerprint density at radius 1 is 1.55 bits per heavy atom. The Balaban J connectivity index is 2.17. The minimum absolute atomic E-state index is 0.0120. The molecule has 0 aromatic heterocycles. The van der Waals surface area contributed by atoms with Gasteiger partial charge in [0.15, 0.2) is 0 Å². The zero-order chi connectivity index (χ0) is 14.7. The van der Waals surface area contributed by atoms with Gasteiger partial charge >= 0.3 is 5.97 Å². The summed E-state index contributed by atoms with van der Waals surface area (Å²) in [5.74, 6) is -0.762. The largest absolute Gasteiger partial charge is 0.497 e. The highest BCUT2D eigenvalue weighted by atomic mass is 16.5.